The molecule has 7 heteroatoms. The lowest BCUT2D eigenvalue weighted by molar-refractivity contribution is -0.122. The van der Waals surface area contributed by atoms with Crippen molar-refractivity contribution in [3.05, 3.63) is 0 Å². The highest BCUT2D eigenvalue weighted by Crippen LogP contribution is 1.94. The second-order valence-corrected chi connectivity index (χ2v) is 7.32. The first-order chi connectivity index (χ1) is 12.9. The quantitative estimate of drug-likeness (QED) is 0.313. The van der Waals surface area contributed by atoms with Crippen molar-refractivity contribution in [2.24, 2.45) is 0 Å². The van der Waals surface area contributed by atoms with Crippen molar-refractivity contribution in [3.8, 4) is 0 Å². The van der Waals surface area contributed by atoms with Crippen LogP contribution in [0.4, 0.5) is 0 Å². The van der Waals surface area contributed by atoms with Crippen molar-refractivity contribution in [2.45, 2.75) is 78.3 Å². The number of ether oxygens (including phenoxy) is 2. The van der Waals surface area contributed by atoms with Crippen LogP contribution in [0.1, 0.15) is 66.2 Å². The smallest absolute Gasteiger partial charge is 0.220 e. The number of carbonyl (C=O) groups excluding carboxylic acids is 2. The molecule has 7 nitrogen and oxygen atoms in total. The van der Waals surface area contributed by atoms with E-state index in [-0.39, 0.29) is 17.9 Å². The molecule has 0 spiro atoms. The largest absolute Gasteiger partial charge is 0.381 e. The molecular formula is C20H41N3O4. The Morgan fingerprint density at radius 2 is 1.22 bits per heavy atom. The molecule has 0 aliphatic heterocycles. The molecule has 0 saturated carbocycles. The van der Waals surface area contributed by atoms with Crippen molar-refractivity contribution < 1.29 is 19.1 Å². The van der Waals surface area contributed by atoms with Gasteiger partial charge in [-0.05, 0) is 46.1 Å². The molecule has 0 unspecified atom stereocenters. The van der Waals surface area contributed by atoms with Crippen molar-refractivity contribution >= 4 is 11.8 Å². The molecule has 0 aliphatic rings. The molecule has 2 amide bonds. The molecule has 0 rings (SSSR count). The first-order valence-electron chi connectivity index (χ1n) is 10.4. The maximum absolute atomic E-state index is 11.7. The van der Waals surface area contributed by atoms with Gasteiger partial charge in [-0.3, -0.25) is 9.59 Å². The van der Waals surface area contributed by atoms with Gasteiger partial charge < -0.3 is 25.4 Å². The summed E-state index contributed by atoms with van der Waals surface area (Å²) in [6, 6.07) is 0.691. The van der Waals surface area contributed by atoms with Gasteiger partial charge in [-0.15, -0.1) is 0 Å². The fraction of sp³-hybridized carbons (Fsp3) is 0.900. The number of rotatable bonds is 18. The summed E-state index contributed by atoms with van der Waals surface area (Å²) in [5, 5.41) is 9.08. The average Bonchev–Trinajstić information content (AvgIpc) is 2.58. The van der Waals surface area contributed by atoms with Gasteiger partial charge in [0.1, 0.15) is 0 Å². The van der Waals surface area contributed by atoms with E-state index in [9.17, 15) is 9.59 Å². The van der Waals surface area contributed by atoms with Gasteiger partial charge in [-0.25, -0.2) is 0 Å². The van der Waals surface area contributed by atoms with Gasteiger partial charge in [0.25, 0.3) is 0 Å². The molecule has 3 N–H and O–H groups in total. The van der Waals surface area contributed by atoms with Crippen molar-refractivity contribution in [1.82, 2.24) is 16.0 Å². The van der Waals surface area contributed by atoms with Gasteiger partial charge in [-0.2, -0.15) is 0 Å². The van der Waals surface area contributed by atoms with E-state index in [1.165, 1.54) is 0 Å². The number of hydrogen-bond donors (Lipinski definition) is 3. The first kappa shape index (κ1) is 25.8. The highest BCUT2D eigenvalue weighted by molar-refractivity contribution is 5.76. The molecule has 0 radical (unpaired) electrons. The maximum atomic E-state index is 11.7. The van der Waals surface area contributed by atoms with Crippen LogP contribution in [0.15, 0.2) is 0 Å². The van der Waals surface area contributed by atoms with E-state index >= 15 is 0 Å². The second kappa shape index (κ2) is 18.2. The van der Waals surface area contributed by atoms with Crippen LogP contribution in [0.25, 0.3) is 0 Å². The molecule has 0 bridgehead atoms. The van der Waals surface area contributed by atoms with E-state index in [0.29, 0.717) is 45.2 Å². The van der Waals surface area contributed by atoms with E-state index in [1.807, 2.05) is 13.8 Å². The summed E-state index contributed by atoms with van der Waals surface area (Å²) >= 11 is 0. The van der Waals surface area contributed by atoms with Gasteiger partial charge in [-0.1, -0.05) is 13.8 Å². The van der Waals surface area contributed by atoms with E-state index in [1.54, 1.807) is 0 Å². The van der Waals surface area contributed by atoms with Crippen molar-refractivity contribution in [1.29, 1.82) is 0 Å². The third-order valence-corrected chi connectivity index (χ3v) is 3.64. The minimum absolute atomic E-state index is 0.0606. The fourth-order valence-electron chi connectivity index (χ4n) is 2.32. The van der Waals surface area contributed by atoms with E-state index in [0.717, 1.165) is 38.8 Å². The molecule has 0 saturated heterocycles. The van der Waals surface area contributed by atoms with Gasteiger partial charge in [0.15, 0.2) is 0 Å². The second-order valence-electron chi connectivity index (χ2n) is 7.32. The standard InChI is InChI=1S/C20H41N3O4/c1-17(2)21-11-7-15-26-13-5-9-19(24)22-12-8-16-27-14-6-10-20(25)23-18(3)4/h17-18,21H,5-16H2,1-4H3,(H,22,24)(H,23,25). The van der Waals surface area contributed by atoms with Crippen molar-refractivity contribution in [3.63, 3.8) is 0 Å². The molecule has 0 aromatic rings. The lowest BCUT2D eigenvalue weighted by Crippen LogP contribution is -2.30. The van der Waals surface area contributed by atoms with Gasteiger partial charge in [0.2, 0.25) is 11.8 Å². The van der Waals surface area contributed by atoms with Crippen LogP contribution in [0, 0.1) is 0 Å². The topological polar surface area (TPSA) is 88.7 Å². The minimum atomic E-state index is 0.0606. The Labute approximate surface area is 165 Å². The lowest BCUT2D eigenvalue weighted by atomic mass is 10.3. The molecule has 0 aliphatic carbocycles. The van der Waals surface area contributed by atoms with Gasteiger partial charge in [0.05, 0.1) is 0 Å². The Morgan fingerprint density at radius 1 is 0.704 bits per heavy atom. The molecule has 0 aromatic heterocycles. The summed E-state index contributed by atoms with van der Waals surface area (Å²) in [6.45, 7) is 12.3. The Kier molecular flexibility index (Phi) is 17.4. The summed E-state index contributed by atoms with van der Waals surface area (Å²) in [5.41, 5.74) is 0. The lowest BCUT2D eigenvalue weighted by Gasteiger charge is -2.09. The van der Waals surface area contributed by atoms with Crippen LogP contribution in [-0.4, -0.2) is 63.4 Å². The minimum Gasteiger partial charge on any atom is -0.381 e. The number of hydrogen-bond acceptors (Lipinski definition) is 5. The molecule has 160 valence electrons. The fourth-order valence-corrected chi connectivity index (χ4v) is 2.32. The monoisotopic (exact) mass is 387 g/mol. The van der Waals surface area contributed by atoms with Crippen LogP contribution >= 0.6 is 0 Å². The highest BCUT2D eigenvalue weighted by Gasteiger charge is 2.03. The maximum Gasteiger partial charge on any atom is 0.220 e. The number of nitrogens with one attached hydrogen (secondary N) is 3. The Hall–Kier alpha value is -1.18. The zero-order chi connectivity index (χ0) is 20.3. The average molecular weight is 388 g/mol. The SMILES string of the molecule is CC(C)NCCCOCCCC(=O)NCCCOCCCC(=O)NC(C)C. The van der Waals surface area contributed by atoms with Crippen LogP contribution in [0.5, 0.6) is 0 Å². The van der Waals surface area contributed by atoms with Crippen molar-refractivity contribution in [2.75, 3.05) is 39.5 Å². The zero-order valence-electron chi connectivity index (χ0n) is 17.8. The van der Waals surface area contributed by atoms with Crippen LogP contribution in [0.3, 0.4) is 0 Å². The summed E-state index contributed by atoms with van der Waals surface area (Å²) in [6.07, 6.45) is 4.23. The Morgan fingerprint density at radius 3 is 1.78 bits per heavy atom. The van der Waals surface area contributed by atoms with E-state index < -0.39 is 0 Å². The molecule has 27 heavy (non-hydrogen) atoms. The normalized spacial score (nSPS) is 11.2. The summed E-state index contributed by atoms with van der Waals surface area (Å²) in [4.78, 5) is 23.1. The van der Waals surface area contributed by atoms with Crippen LogP contribution in [-0.2, 0) is 19.1 Å². The molecule has 0 atom stereocenters. The third-order valence-electron chi connectivity index (χ3n) is 3.64. The Bertz CT molecular complexity index is 376. The van der Waals surface area contributed by atoms with Crippen LogP contribution in [0.2, 0.25) is 0 Å². The predicted molar refractivity (Wildman–Crippen MR) is 109 cm³/mol. The zero-order valence-corrected chi connectivity index (χ0v) is 17.8. The summed E-state index contributed by atoms with van der Waals surface area (Å²) < 4.78 is 11.0. The first-order valence-corrected chi connectivity index (χ1v) is 10.4. The third kappa shape index (κ3) is 21.0. The molecule has 0 heterocycles. The molecular weight excluding hydrogens is 346 g/mol. The number of carbonyl (C=O) groups is 2. The Balaban J connectivity index is 3.27. The molecule has 0 fully saturated rings. The van der Waals surface area contributed by atoms with Crippen LogP contribution < -0.4 is 16.0 Å². The van der Waals surface area contributed by atoms with E-state index in [2.05, 4.69) is 29.8 Å². The molecule has 0 aromatic carbocycles. The predicted octanol–water partition coefficient (Wildman–Crippen LogP) is 2.00. The highest BCUT2D eigenvalue weighted by atomic mass is 16.5. The number of amides is 2. The van der Waals surface area contributed by atoms with Gasteiger partial charge in [0, 0.05) is 57.9 Å². The summed E-state index contributed by atoms with van der Waals surface area (Å²) in [5.74, 6) is 0.127. The van der Waals surface area contributed by atoms with E-state index in [4.69, 9.17) is 9.47 Å². The van der Waals surface area contributed by atoms with Gasteiger partial charge >= 0.3 is 0 Å². The summed E-state index contributed by atoms with van der Waals surface area (Å²) in [7, 11) is 0.